The summed E-state index contributed by atoms with van der Waals surface area (Å²) in [6.45, 7) is 3.15. The minimum Gasteiger partial charge on any atom is -0.478 e. The molecule has 0 spiro atoms. The highest BCUT2D eigenvalue weighted by molar-refractivity contribution is 5.96. The van der Waals surface area contributed by atoms with Crippen molar-refractivity contribution in [3.8, 4) is 11.1 Å². The lowest BCUT2D eigenvalue weighted by Gasteiger charge is -2.32. The van der Waals surface area contributed by atoms with Crippen molar-refractivity contribution in [1.29, 1.82) is 0 Å². The molecular formula is C36H31FN2O3. The monoisotopic (exact) mass is 558 g/mol. The Bertz CT molecular complexity index is 1820. The molecule has 210 valence electrons. The van der Waals surface area contributed by atoms with Gasteiger partial charge in [0.25, 0.3) is 5.91 Å². The maximum atomic E-state index is 15.3. The van der Waals surface area contributed by atoms with Gasteiger partial charge in [-0.15, -0.1) is 0 Å². The normalized spacial score (nSPS) is 13.4. The Morgan fingerprint density at radius 1 is 0.905 bits per heavy atom. The number of halogens is 1. The van der Waals surface area contributed by atoms with E-state index in [1.54, 1.807) is 30.3 Å². The summed E-state index contributed by atoms with van der Waals surface area (Å²) in [5.41, 5.74) is 5.41. The Morgan fingerprint density at radius 3 is 2.50 bits per heavy atom. The van der Waals surface area contributed by atoms with Crippen molar-refractivity contribution in [1.82, 2.24) is 5.32 Å². The van der Waals surface area contributed by atoms with Crippen molar-refractivity contribution >= 4 is 28.3 Å². The number of nitrogens with zero attached hydrogens (tertiary/aromatic N) is 1. The van der Waals surface area contributed by atoms with Crippen LogP contribution >= 0.6 is 0 Å². The van der Waals surface area contributed by atoms with Crippen LogP contribution in [0.1, 0.15) is 56.8 Å². The predicted molar refractivity (Wildman–Crippen MR) is 164 cm³/mol. The van der Waals surface area contributed by atoms with Crippen molar-refractivity contribution in [2.45, 2.75) is 32.4 Å². The van der Waals surface area contributed by atoms with Crippen LogP contribution in [0.3, 0.4) is 0 Å². The van der Waals surface area contributed by atoms with Crippen molar-refractivity contribution < 1.29 is 19.1 Å². The van der Waals surface area contributed by atoms with E-state index < -0.39 is 5.97 Å². The third-order valence-corrected chi connectivity index (χ3v) is 8.06. The third-order valence-electron chi connectivity index (χ3n) is 8.06. The largest absolute Gasteiger partial charge is 0.478 e. The molecule has 0 fully saturated rings. The Morgan fingerprint density at radius 2 is 1.69 bits per heavy atom. The molecule has 1 atom stereocenters. The number of hydrogen-bond acceptors (Lipinski definition) is 3. The molecular weight excluding hydrogens is 527 g/mol. The Hall–Kier alpha value is -4.97. The van der Waals surface area contributed by atoms with E-state index in [1.807, 2.05) is 37.3 Å². The van der Waals surface area contributed by atoms with Gasteiger partial charge in [-0.2, -0.15) is 0 Å². The number of aromatic carboxylic acids is 1. The molecule has 0 aromatic heterocycles. The number of nitrogens with one attached hydrogen (secondary N) is 1. The Kier molecular flexibility index (Phi) is 7.44. The zero-order chi connectivity index (χ0) is 29.2. The van der Waals surface area contributed by atoms with Crippen LogP contribution in [0, 0.1) is 5.82 Å². The molecule has 2 N–H and O–H groups in total. The highest BCUT2D eigenvalue weighted by Gasteiger charge is 2.21. The minimum atomic E-state index is -1.05. The molecule has 5 nitrogen and oxygen atoms in total. The van der Waals surface area contributed by atoms with E-state index in [9.17, 15) is 14.7 Å². The van der Waals surface area contributed by atoms with Gasteiger partial charge in [-0.1, -0.05) is 66.7 Å². The number of amides is 1. The molecule has 1 amide bonds. The van der Waals surface area contributed by atoms with Crippen molar-refractivity contribution in [3.05, 3.63) is 137 Å². The molecule has 0 saturated carbocycles. The molecule has 1 heterocycles. The van der Waals surface area contributed by atoms with Gasteiger partial charge in [0.15, 0.2) is 0 Å². The summed E-state index contributed by atoms with van der Waals surface area (Å²) >= 11 is 0. The van der Waals surface area contributed by atoms with Gasteiger partial charge < -0.3 is 15.3 Å². The second-order valence-electron chi connectivity index (χ2n) is 10.8. The summed E-state index contributed by atoms with van der Waals surface area (Å²) in [4.78, 5) is 27.0. The van der Waals surface area contributed by atoms with Gasteiger partial charge in [0, 0.05) is 29.9 Å². The maximum absolute atomic E-state index is 15.3. The first kappa shape index (κ1) is 27.2. The van der Waals surface area contributed by atoms with E-state index in [2.05, 4.69) is 40.5 Å². The molecule has 0 bridgehead atoms. The number of hydrogen-bond donors (Lipinski definition) is 2. The average molecular weight is 559 g/mol. The number of anilines is 1. The third kappa shape index (κ3) is 5.48. The standard InChI is InChI=1S/C36H31FN2O3/c1-23(25-13-12-24-7-2-3-8-26(24)19-25)38-35(40)29-16-17-34-28(20-29)9-6-18-39(34)22-30-15-14-27(21-33(30)37)31-10-4-5-11-32(31)36(41)42/h2-5,7-8,10-17,19-21,23H,6,9,18,22H2,1H3,(H,38,40)(H,41,42). The Labute approximate surface area is 244 Å². The van der Waals surface area contributed by atoms with Gasteiger partial charge in [-0.05, 0) is 89.2 Å². The average Bonchev–Trinajstić information content (AvgIpc) is 3.01. The fourth-order valence-electron chi connectivity index (χ4n) is 5.79. The van der Waals surface area contributed by atoms with Crippen molar-refractivity contribution in [2.24, 2.45) is 0 Å². The van der Waals surface area contributed by atoms with Crippen LogP contribution < -0.4 is 10.2 Å². The van der Waals surface area contributed by atoms with Crippen LogP contribution in [0.2, 0.25) is 0 Å². The number of fused-ring (bicyclic) bond motifs is 2. The van der Waals surface area contributed by atoms with Crippen LogP contribution in [0.5, 0.6) is 0 Å². The number of aryl methyl sites for hydroxylation is 1. The summed E-state index contributed by atoms with van der Waals surface area (Å²) in [6.07, 6.45) is 1.75. The van der Waals surface area contributed by atoms with E-state index in [4.69, 9.17) is 0 Å². The van der Waals surface area contributed by atoms with Crippen LogP contribution in [-0.4, -0.2) is 23.5 Å². The molecule has 0 radical (unpaired) electrons. The maximum Gasteiger partial charge on any atom is 0.336 e. The van der Waals surface area contributed by atoms with E-state index in [0.29, 0.717) is 28.8 Å². The van der Waals surface area contributed by atoms with Crippen LogP contribution in [-0.2, 0) is 13.0 Å². The van der Waals surface area contributed by atoms with E-state index in [-0.39, 0.29) is 23.3 Å². The van der Waals surface area contributed by atoms with Gasteiger partial charge in [0.2, 0.25) is 0 Å². The van der Waals surface area contributed by atoms with Gasteiger partial charge in [-0.25, -0.2) is 9.18 Å². The zero-order valence-electron chi connectivity index (χ0n) is 23.3. The summed E-state index contributed by atoms with van der Waals surface area (Å²) in [5, 5.41) is 15.0. The SMILES string of the molecule is CC(NC(=O)c1ccc2c(c1)CCCN2Cc1ccc(-c2ccccc2C(=O)O)cc1F)c1ccc2ccccc2c1. The lowest BCUT2D eigenvalue weighted by atomic mass is 9.96. The lowest BCUT2D eigenvalue weighted by molar-refractivity contribution is 0.0697. The van der Waals surface area contributed by atoms with Gasteiger partial charge >= 0.3 is 5.97 Å². The second-order valence-corrected chi connectivity index (χ2v) is 10.8. The zero-order valence-corrected chi connectivity index (χ0v) is 23.3. The summed E-state index contributed by atoms with van der Waals surface area (Å²) in [7, 11) is 0. The number of carbonyl (C=O) groups excluding carboxylic acids is 1. The van der Waals surface area contributed by atoms with Crippen LogP contribution in [0.25, 0.3) is 21.9 Å². The molecule has 1 aliphatic heterocycles. The topological polar surface area (TPSA) is 69.6 Å². The molecule has 5 aromatic carbocycles. The molecule has 0 aliphatic carbocycles. The number of carboxylic acid groups (broad SMARTS) is 1. The predicted octanol–water partition coefficient (Wildman–Crippen LogP) is 7.79. The molecule has 42 heavy (non-hydrogen) atoms. The van der Waals surface area contributed by atoms with Crippen molar-refractivity contribution in [3.63, 3.8) is 0 Å². The second kappa shape index (κ2) is 11.5. The number of benzene rings is 5. The first-order valence-corrected chi connectivity index (χ1v) is 14.2. The van der Waals surface area contributed by atoms with Crippen LogP contribution in [0.4, 0.5) is 10.1 Å². The molecule has 1 unspecified atom stereocenters. The first-order valence-electron chi connectivity index (χ1n) is 14.2. The van der Waals surface area contributed by atoms with E-state index in [1.165, 1.54) is 17.5 Å². The van der Waals surface area contributed by atoms with Gasteiger partial charge in [-0.3, -0.25) is 4.79 Å². The van der Waals surface area contributed by atoms with E-state index >= 15 is 4.39 Å². The number of rotatable bonds is 7. The first-order chi connectivity index (χ1) is 20.4. The smallest absolute Gasteiger partial charge is 0.336 e. The van der Waals surface area contributed by atoms with Crippen LogP contribution in [0.15, 0.2) is 103 Å². The highest BCUT2D eigenvalue weighted by Crippen LogP contribution is 2.32. The minimum absolute atomic E-state index is 0.126. The molecule has 6 rings (SSSR count). The fourth-order valence-corrected chi connectivity index (χ4v) is 5.79. The van der Waals surface area contributed by atoms with E-state index in [0.717, 1.165) is 41.6 Å². The summed E-state index contributed by atoms with van der Waals surface area (Å²) in [5.74, 6) is -1.55. The number of carboxylic acids is 1. The van der Waals surface area contributed by atoms with Crippen molar-refractivity contribution in [2.75, 3.05) is 11.4 Å². The quantitative estimate of drug-likeness (QED) is 0.214. The molecule has 0 saturated heterocycles. The molecule has 6 heteroatoms. The van der Waals surface area contributed by atoms with Gasteiger partial charge in [0.05, 0.1) is 11.6 Å². The number of carbonyl (C=O) groups is 2. The lowest BCUT2D eigenvalue weighted by Crippen LogP contribution is -2.30. The highest BCUT2D eigenvalue weighted by atomic mass is 19.1. The fraction of sp³-hybridized carbons (Fsp3) is 0.167. The molecule has 5 aromatic rings. The molecule has 1 aliphatic rings. The summed E-state index contributed by atoms with van der Waals surface area (Å²) < 4.78 is 15.3. The van der Waals surface area contributed by atoms with Gasteiger partial charge in [0.1, 0.15) is 5.82 Å². The Balaban J connectivity index is 1.17. The summed E-state index contributed by atoms with van der Waals surface area (Å²) in [6, 6.07) is 31.5.